The average molecular weight is 168 g/mol. The molecule has 68 valence electrons. The van der Waals surface area contributed by atoms with Crippen molar-refractivity contribution in [2.24, 2.45) is 5.41 Å². The molecule has 0 spiro atoms. The van der Waals surface area contributed by atoms with Gasteiger partial charge in [0.1, 0.15) is 0 Å². The highest BCUT2D eigenvalue weighted by molar-refractivity contribution is 5.10. The second-order valence-corrected chi connectivity index (χ2v) is 4.00. The van der Waals surface area contributed by atoms with Crippen molar-refractivity contribution in [2.75, 3.05) is 13.1 Å². The van der Waals surface area contributed by atoms with Gasteiger partial charge in [-0.2, -0.15) is 5.26 Å². The predicted octanol–water partition coefficient (Wildman–Crippen LogP) is 0.651. The summed E-state index contributed by atoms with van der Waals surface area (Å²) >= 11 is 0. The number of rotatable bonds is 1. The van der Waals surface area contributed by atoms with Crippen molar-refractivity contribution in [3.8, 4) is 6.07 Å². The lowest BCUT2D eigenvalue weighted by atomic mass is 9.69. The van der Waals surface area contributed by atoms with E-state index in [-0.39, 0.29) is 0 Å². The Morgan fingerprint density at radius 1 is 1.42 bits per heavy atom. The van der Waals surface area contributed by atoms with Crippen molar-refractivity contribution in [1.82, 2.24) is 5.32 Å². The second-order valence-electron chi connectivity index (χ2n) is 4.00. The fourth-order valence-corrected chi connectivity index (χ4v) is 1.71. The predicted molar refractivity (Wildman–Crippen MR) is 46.4 cm³/mol. The molecule has 0 aromatic carbocycles. The Hall–Kier alpha value is -0.590. The standard InChI is InChI=1S/C9H16N2O/c1-8(2,12)9(7-10)3-5-11-6-4-9/h11-12H,3-6H2,1-2H3. The van der Waals surface area contributed by atoms with Gasteiger partial charge in [0.05, 0.1) is 17.1 Å². The summed E-state index contributed by atoms with van der Waals surface area (Å²) in [5.74, 6) is 0. The molecule has 0 aromatic rings. The molecule has 0 radical (unpaired) electrons. The molecule has 0 unspecified atom stereocenters. The molecule has 1 saturated heterocycles. The van der Waals surface area contributed by atoms with Crippen LogP contribution in [0.25, 0.3) is 0 Å². The molecule has 1 fully saturated rings. The third-order valence-corrected chi connectivity index (χ3v) is 2.84. The first-order valence-electron chi connectivity index (χ1n) is 4.36. The Balaban J connectivity index is 2.83. The fourth-order valence-electron chi connectivity index (χ4n) is 1.71. The van der Waals surface area contributed by atoms with E-state index >= 15 is 0 Å². The van der Waals surface area contributed by atoms with Gasteiger partial charge in [-0.25, -0.2) is 0 Å². The molecule has 0 aromatic heterocycles. The second kappa shape index (κ2) is 3.04. The van der Waals surface area contributed by atoms with Crippen molar-refractivity contribution in [1.29, 1.82) is 5.26 Å². The molecule has 12 heavy (non-hydrogen) atoms. The molecule has 3 nitrogen and oxygen atoms in total. The van der Waals surface area contributed by atoms with Gasteiger partial charge in [0.25, 0.3) is 0 Å². The normalized spacial score (nSPS) is 23.2. The molecule has 1 aliphatic rings. The Morgan fingerprint density at radius 2 is 1.92 bits per heavy atom. The van der Waals surface area contributed by atoms with Crippen molar-refractivity contribution >= 4 is 0 Å². The summed E-state index contributed by atoms with van der Waals surface area (Å²) in [4.78, 5) is 0. The van der Waals surface area contributed by atoms with Gasteiger partial charge in [-0.1, -0.05) is 0 Å². The SMILES string of the molecule is CC(C)(O)C1(C#N)CCNCC1. The molecule has 0 bridgehead atoms. The smallest absolute Gasteiger partial charge is 0.0878 e. The highest BCUT2D eigenvalue weighted by Crippen LogP contribution is 2.38. The van der Waals surface area contributed by atoms with Crippen LogP contribution >= 0.6 is 0 Å². The first kappa shape index (κ1) is 9.50. The zero-order valence-corrected chi connectivity index (χ0v) is 7.72. The van der Waals surface area contributed by atoms with Crippen molar-refractivity contribution < 1.29 is 5.11 Å². The molecule has 0 amide bonds. The van der Waals surface area contributed by atoms with Crippen molar-refractivity contribution in [3.63, 3.8) is 0 Å². The maximum atomic E-state index is 9.84. The Labute approximate surface area is 73.4 Å². The van der Waals surface area contributed by atoms with Crippen molar-refractivity contribution in [2.45, 2.75) is 32.3 Å². The molecule has 1 heterocycles. The number of nitriles is 1. The average Bonchev–Trinajstić information content (AvgIpc) is 2.04. The summed E-state index contributed by atoms with van der Waals surface area (Å²) in [7, 11) is 0. The minimum absolute atomic E-state index is 0.543. The van der Waals surface area contributed by atoms with Gasteiger partial charge in [-0.15, -0.1) is 0 Å². The highest BCUT2D eigenvalue weighted by atomic mass is 16.3. The minimum atomic E-state index is -0.885. The molecular formula is C9H16N2O. The molecule has 2 N–H and O–H groups in total. The zero-order chi connectivity index (χ0) is 9.24. The van der Waals surface area contributed by atoms with Gasteiger partial charge in [0.2, 0.25) is 0 Å². The van der Waals surface area contributed by atoms with Crippen LogP contribution in [0.1, 0.15) is 26.7 Å². The van der Waals surface area contributed by atoms with E-state index in [0.29, 0.717) is 0 Å². The summed E-state index contributed by atoms with van der Waals surface area (Å²) in [5, 5.41) is 22.1. The van der Waals surface area contributed by atoms with E-state index in [1.165, 1.54) is 0 Å². The van der Waals surface area contributed by atoms with Gasteiger partial charge < -0.3 is 10.4 Å². The minimum Gasteiger partial charge on any atom is -0.389 e. The van der Waals surface area contributed by atoms with E-state index in [1.807, 2.05) is 0 Å². The molecule has 0 aliphatic carbocycles. The van der Waals surface area contributed by atoms with Gasteiger partial charge in [-0.3, -0.25) is 0 Å². The van der Waals surface area contributed by atoms with Crippen LogP contribution in [-0.2, 0) is 0 Å². The van der Waals surface area contributed by atoms with Crippen LogP contribution in [0.3, 0.4) is 0 Å². The molecule has 0 saturated carbocycles. The number of nitrogens with one attached hydrogen (secondary N) is 1. The van der Waals surface area contributed by atoms with Crippen LogP contribution in [-0.4, -0.2) is 23.8 Å². The third-order valence-electron chi connectivity index (χ3n) is 2.84. The first-order chi connectivity index (χ1) is 5.52. The summed E-state index contributed by atoms with van der Waals surface area (Å²) in [6.07, 6.45) is 1.49. The zero-order valence-electron chi connectivity index (χ0n) is 7.72. The fraction of sp³-hybridized carbons (Fsp3) is 0.889. The van der Waals surface area contributed by atoms with Crippen LogP contribution in [0.15, 0.2) is 0 Å². The highest BCUT2D eigenvalue weighted by Gasteiger charge is 2.44. The Bertz CT molecular complexity index is 194. The summed E-state index contributed by atoms with van der Waals surface area (Å²) in [6, 6.07) is 2.27. The van der Waals surface area contributed by atoms with E-state index in [4.69, 9.17) is 5.26 Å². The largest absolute Gasteiger partial charge is 0.389 e. The van der Waals surface area contributed by atoms with Gasteiger partial charge in [0.15, 0.2) is 0 Å². The number of aliphatic hydroxyl groups is 1. The van der Waals surface area contributed by atoms with E-state index in [2.05, 4.69) is 11.4 Å². The summed E-state index contributed by atoms with van der Waals surface area (Å²) in [6.45, 7) is 5.11. The molecular weight excluding hydrogens is 152 g/mol. The van der Waals surface area contributed by atoms with Crippen LogP contribution in [0.5, 0.6) is 0 Å². The lowest BCUT2D eigenvalue weighted by Gasteiger charge is -2.40. The van der Waals surface area contributed by atoms with E-state index in [1.54, 1.807) is 13.8 Å². The summed E-state index contributed by atoms with van der Waals surface area (Å²) < 4.78 is 0. The first-order valence-corrected chi connectivity index (χ1v) is 4.36. The number of hydrogen-bond donors (Lipinski definition) is 2. The van der Waals surface area contributed by atoms with Gasteiger partial charge >= 0.3 is 0 Å². The molecule has 1 aliphatic heterocycles. The van der Waals surface area contributed by atoms with E-state index in [0.717, 1.165) is 25.9 Å². The number of nitrogens with zero attached hydrogens (tertiary/aromatic N) is 1. The van der Waals surface area contributed by atoms with Gasteiger partial charge in [0, 0.05) is 0 Å². The topological polar surface area (TPSA) is 56.0 Å². The summed E-state index contributed by atoms with van der Waals surface area (Å²) in [5.41, 5.74) is -1.43. The van der Waals surface area contributed by atoms with Crippen LogP contribution < -0.4 is 5.32 Å². The molecule has 0 atom stereocenters. The van der Waals surface area contributed by atoms with Crippen molar-refractivity contribution in [3.05, 3.63) is 0 Å². The Kier molecular flexibility index (Phi) is 2.41. The quantitative estimate of drug-likeness (QED) is 0.604. The third kappa shape index (κ3) is 1.45. The number of piperidine rings is 1. The lowest BCUT2D eigenvalue weighted by Crippen LogP contribution is -2.49. The molecule has 3 heteroatoms. The maximum Gasteiger partial charge on any atom is 0.0878 e. The number of hydrogen-bond acceptors (Lipinski definition) is 3. The molecule has 1 rings (SSSR count). The van der Waals surface area contributed by atoms with Crippen LogP contribution in [0, 0.1) is 16.7 Å². The van der Waals surface area contributed by atoms with E-state index in [9.17, 15) is 5.11 Å². The maximum absolute atomic E-state index is 9.84. The van der Waals surface area contributed by atoms with Crippen LogP contribution in [0.4, 0.5) is 0 Å². The monoisotopic (exact) mass is 168 g/mol. The van der Waals surface area contributed by atoms with Crippen LogP contribution in [0.2, 0.25) is 0 Å². The van der Waals surface area contributed by atoms with Gasteiger partial charge in [-0.05, 0) is 39.8 Å². The van der Waals surface area contributed by atoms with E-state index < -0.39 is 11.0 Å². The Morgan fingerprint density at radius 3 is 2.17 bits per heavy atom. The lowest BCUT2D eigenvalue weighted by molar-refractivity contribution is -0.0382.